The average Bonchev–Trinajstić information content (AvgIpc) is 3.52. The van der Waals surface area contributed by atoms with Crippen molar-refractivity contribution in [2.45, 2.75) is 45.6 Å². The first-order valence-electron chi connectivity index (χ1n) is 10.2. The number of guanidine groups is 1. The number of ether oxygens (including phenoxy) is 1. The second kappa shape index (κ2) is 11.4. The van der Waals surface area contributed by atoms with E-state index in [0.29, 0.717) is 25.0 Å². The van der Waals surface area contributed by atoms with E-state index >= 15 is 0 Å². The van der Waals surface area contributed by atoms with E-state index in [2.05, 4.69) is 39.7 Å². The van der Waals surface area contributed by atoms with Gasteiger partial charge in [0.25, 0.3) is 0 Å². The molecular formula is C19H37N5O2. The summed E-state index contributed by atoms with van der Waals surface area (Å²) < 4.78 is 5.52. The maximum absolute atomic E-state index is 11.7. The molecule has 1 aliphatic heterocycles. The van der Waals surface area contributed by atoms with Crippen molar-refractivity contribution in [3.8, 4) is 0 Å². The Labute approximate surface area is 158 Å². The minimum Gasteiger partial charge on any atom is -0.379 e. The van der Waals surface area contributed by atoms with Crippen LogP contribution in [0, 0.1) is 11.8 Å². The van der Waals surface area contributed by atoms with Gasteiger partial charge in [-0.25, -0.2) is 0 Å². The lowest BCUT2D eigenvalue weighted by Gasteiger charge is -2.39. The van der Waals surface area contributed by atoms with Gasteiger partial charge in [-0.3, -0.25) is 14.7 Å². The van der Waals surface area contributed by atoms with Gasteiger partial charge in [0.05, 0.1) is 13.2 Å². The molecule has 0 aromatic rings. The summed E-state index contributed by atoms with van der Waals surface area (Å²) in [6.07, 6.45) is 4.45. The van der Waals surface area contributed by atoms with E-state index in [1.54, 1.807) is 7.05 Å². The molecule has 3 N–H and O–H groups in total. The van der Waals surface area contributed by atoms with E-state index in [0.717, 1.165) is 51.6 Å². The van der Waals surface area contributed by atoms with Crippen molar-refractivity contribution in [2.75, 3.05) is 53.0 Å². The van der Waals surface area contributed by atoms with Crippen molar-refractivity contribution in [1.82, 2.24) is 20.9 Å². The van der Waals surface area contributed by atoms with Crippen LogP contribution in [0.2, 0.25) is 0 Å². The Morgan fingerprint density at radius 3 is 2.35 bits per heavy atom. The van der Waals surface area contributed by atoms with Gasteiger partial charge in [-0.05, 0) is 18.8 Å². The number of nitrogens with one attached hydrogen (secondary N) is 3. The molecule has 7 heteroatoms. The SMILES string of the molecule is CCC(CC)C(CNC(=NC)NCCNC(=O)C1CC1)N1CCOCC1. The van der Waals surface area contributed by atoms with Gasteiger partial charge in [0, 0.05) is 51.7 Å². The van der Waals surface area contributed by atoms with Gasteiger partial charge in [0.1, 0.15) is 0 Å². The molecule has 1 atom stereocenters. The molecule has 0 radical (unpaired) electrons. The number of rotatable bonds is 10. The summed E-state index contributed by atoms with van der Waals surface area (Å²) in [4.78, 5) is 18.5. The minimum absolute atomic E-state index is 0.191. The first-order chi connectivity index (χ1) is 12.7. The van der Waals surface area contributed by atoms with Gasteiger partial charge >= 0.3 is 0 Å². The normalized spacial score (nSPS) is 20.1. The zero-order valence-corrected chi connectivity index (χ0v) is 16.7. The molecule has 1 saturated carbocycles. The van der Waals surface area contributed by atoms with Crippen LogP contribution in [0.25, 0.3) is 0 Å². The summed E-state index contributed by atoms with van der Waals surface area (Å²) in [6, 6.07) is 0.488. The third-order valence-corrected chi connectivity index (χ3v) is 5.47. The summed E-state index contributed by atoms with van der Waals surface area (Å²) in [5.41, 5.74) is 0. The van der Waals surface area contributed by atoms with Crippen molar-refractivity contribution in [2.24, 2.45) is 16.8 Å². The molecule has 0 bridgehead atoms. The number of hydrogen-bond acceptors (Lipinski definition) is 4. The van der Waals surface area contributed by atoms with Gasteiger partial charge < -0.3 is 20.7 Å². The topological polar surface area (TPSA) is 78.0 Å². The molecule has 2 rings (SSSR count). The zero-order valence-electron chi connectivity index (χ0n) is 16.7. The quantitative estimate of drug-likeness (QED) is 0.303. The van der Waals surface area contributed by atoms with Gasteiger partial charge in [0.15, 0.2) is 5.96 Å². The highest BCUT2D eigenvalue weighted by Gasteiger charge is 2.29. The second-order valence-electron chi connectivity index (χ2n) is 7.24. The number of morpholine rings is 1. The van der Waals surface area contributed by atoms with E-state index in [4.69, 9.17) is 4.74 Å². The highest BCUT2D eigenvalue weighted by atomic mass is 16.5. The van der Waals surface area contributed by atoms with E-state index in [1.165, 1.54) is 12.8 Å². The van der Waals surface area contributed by atoms with Crippen LogP contribution < -0.4 is 16.0 Å². The molecule has 1 heterocycles. The molecule has 0 aromatic carbocycles. The Kier molecular flexibility index (Phi) is 9.18. The lowest BCUT2D eigenvalue weighted by molar-refractivity contribution is -0.122. The summed E-state index contributed by atoms with van der Waals surface area (Å²) in [5, 5.41) is 9.75. The minimum atomic E-state index is 0.191. The van der Waals surface area contributed by atoms with Crippen LogP contribution in [0.3, 0.4) is 0 Å². The van der Waals surface area contributed by atoms with Crippen molar-refractivity contribution >= 4 is 11.9 Å². The third-order valence-electron chi connectivity index (χ3n) is 5.47. The Morgan fingerprint density at radius 2 is 1.77 bits per heavy atom. The molecule has 26 heavy (non-hydrogen) atoms. The smallest absolute Gasteiger partial charge is 0.223 e. The second-order valence-corrected chi connectivity index (χ2v) is 7.24. The van der Waals surface area contributed by atoms with Crippen LogP contribution in [0.5, 0.6) is 0 Å². The fraction of sp³-hybridized carbons (Fsp3) is 0.895. The van der Waals surface area contributed by atoms with Crippen LogP contribution >= 0.6 is 0 Å². The van der Waals surface area contributed by atoms with Crippen LogP contribution in [0.1, 0.15) is 39.5 Å². The van der Waals surface area contributed by atoms with E-state index < -0.39 is 0 Å². The first kappa shape index (κ1) is 21.0. The number of carbonyl (C=O) groups excluding carboxylic acids is 1. The monoisotopic (exact) mass is 367 g/mol. The lowest BCUT2D eigenvalue weighted by atomic mass is 9.92. The van der Waals surface area contributed by atoms with Crippen LogP contribution in [0.4, 0.5) is 0 Å². The highest BCUT2D eigenvalue weighted by Crippen LogP contribution is 2.28. The Morgan fingerprint density at radius 1 is 1.12 bits per heavy atom. The van der Waals surface area contributed by atoms with Gasteiger partial charge in [-0.15, -0.1) is 0 Å². The first-order valence-corrected chi connectivity index (χ1v) is 10.2. The summed E-state index contributed by atoms with van der Waals surface area (Å²) in [6.45, 7) is 10.4. The molecule has 1 amide bonds. The molecular weight excluding hydrogens is 330 g/mol. The van der Waals surface area contributed by atoms with Gasteiger partial charge in [0.2, 0.25) is 5.91 Å². The predicted octanol–water partition coefficient (Wildman–Crippen LogP) is 0.815. The molecule has 2 aliphatic rings. The molecule has 1 saturated heterocycles. The fourth-order valence-electron chi connectivity index (χ4n) is 3.61. The molecule has 1 unspecified atom stereocenters. The maximum Gasteiger partial charge on any atom is 0.223 e. The zero-order chi connectivity index (χ0) is 18.8. The Hall–Kier alpha value is -1.34. The van der Waals surface area contributed by atoms with Gasteiger partial charge in [-0.1, -0.05) is 26.7 Å². The predicted molar refractivity (Wildman–Crippen MR) is 105 cm³/mol. The van der Waals surface area contributed by atoms with E-state index in [9.17, 15) is 4.79 Å². The molecule has 0 spiro atoms. The Balaban J connectivity index is 1.75. The lowest BCUT2D eigenvalue weighted by Crippen LogP contribution is -2.53. The van der Waals surface area contributed by atoms with E-state index in [-0.39, 0.29) is 11.8 Å². The van der Waals surface area contributed by atoms with Crippen molar-refractivity contribution < 1.29 is 9.53 Å². The van der Waals surface area contributed by atoms with E-state index in [1.807, 2.05) is 0 Å². The molecule has 2 fully saturated rings. The molecule has 7 nitrogen and oxygen atoms in total. The van der Waals surface area contributed by atoms with Crippen LogP contribution in [0.15, 0.2) is 4.99 Å². The number of carbonyl (C=O) groups is 1. The maximum atomic E-state index is 11.7. The number of aliphatic imine (C=N–C) groups is 1. The largest absolute Gasteiger partial charge is 0.379 e. The average molecular weight is 368 g/mol. The molecule has 150 valence electrons. The van der Waals surface area contributed by atoms with Crippen molar-refractivity contribution in [3.05, 3.63) is 0 Å². The number of hydrogen-bond donors (Lipinski definition) is 3. The third kappa shape index (κ3) is 6.76. The van der Waals surface area contributed by atoms with Crippen LogP contribution in [-0.4, -0.2) is 75.8 Å². The Bertz CT molecular complexity index is 443. The summed E-state index contributed by atoms with van der Waals surface area (Å²) in [5.74, 6) is 1.92. The molecule has 1 aliphatic carbocycles. The summed E-state index contributed by atoms with van der Waals surface area (Å²) >= 11 is 0. The number of nitrogens with zero attached hydrogens (tertiary/aromatic N) is 2. The molecule has 0 aromatic heterocycles. The summed E-state index contributed by atoms with van der Waals surface area (Å²) in [7, 11) is 1.79. The standard InChI is InChI=1S/C19H37N5O2/c1-4-15(5-2)17(24-10-12-26-13-11-24)14-23-19(20-3)22-9-8-21-18(25)16-6-7-16/h15-17H,4-14H2,1-3H3,(H,21,25)(H2,20,22,23). The van der Waals surface area contributed by atoms with Crippen molar-refractivity contribution in [1.29, 1.82) is 0 Å². The van der Waals surface area contributed by atoms with Gasteiger partial charge in [-0.2, -0.15) is 0 Å². The fourth-order valence-corrected chi connectivity index (χ4v) is 3.61. The van der Waals surface area contributed by atoms with Crippen LogP contribution in [-0.2, 0) is 9.53 Å². The number of amides is 1. The highest BCUT2D eigenvalue weighted by molar-refractivity contribution is 5.81. The van der Waals surface area contributed by atoms with Crippen molar-refractivity contribution in [3.63, 3.8) is 0 Å².